The predicted octanol–water partition coefficient (Wildman–Crippen LogP) is 1.31. The minimum Gasteiger partial charge on any atom is -0.380 e. The molecule has 84 valence electrons. The van der Waals surface area contributed by atoms with Crippen LogP contribution in [0.1, 0.15) is 6.42 Å². The Morgan fingerprint density at radius 2 is 2.50 bits per heavy atom. The maximum absolute atomic E-state index is 5.34. The lowest BCUT2D eigenvalue weighted by Crippen LogP contribution is -2.21. The smallest absolute Gasteiger partial charge is 0.188 e. The lowest BCUT2D eigenvalue weighted by atomic mass is 10.3. The fourth-order valence-corrected chi connectivity index (χ4v) is 2.83. The van der Waals surface area contributed by atoms with Crippen LogP contribution in [-0.2, 0) is 4.74 Å². The minimum atomic E-state index is 0.332. The Bertz CT molecular complexity index is 467. The highest BCUT2D eigenvalue weighted by Crippen LogP contribution is 2.29. The van der Waals surface area contributed by atoms with Gasteiger partial charge in [0.05, 0.1) is 10.8 Å². The number of thiazole rings is 1. The maximum Gasteiger partial charge on any atom is 0.188 e. The minimum absolute atomic E-state index is 0.332. The second-order valence-electron chi connectivity index (χ2n) is 3.80. The second-order valence-corrected chi connectivity index (χ2v) is 4.81. The summed E-state index contributed by atoms with van der Waals surface area (Å²) >= 11 is 1.64. The van der Waals surface area contributed by atoms with Gasteiger partial charge in [-0.2, -0.15) is 4.98 Å². The number of nitrogens with zero attached hydrogens (tertiary/aromatic N) is 4. The molecule has 16 heavy (non-hydrogen) atoms. The van der Waals surface area contributed by atoms with Crippen LogP contribution in [0.5, 0.6) is 0 Å². The number of aromatic nitrogens is 3. The van der Waals surface area contributed by atoms with Crippen LogP contribution in [0.2, 0.25) is 0 Å². The number of methoxy groups -OCH3 is 1. The highest BCUT2D eigenvalue weighted by molar-refractivity contribution is 7.22. The van der Waals surface area contributed by atoms with Gasteiger partial charge in [-0.3, -0.25) is 0 Å². The van der Waals surface area contributed by atoms with Crippen molar-refractivity contribution >= 4 is 26.8 Å². The summed E-state index contributed by atoms with van der Waals surface area (Å²) in [4.78, 5) is 14.9. The monoisotopic (exact) mass is 236 g/mol. The third-order valence-corrected chi connectivity index (χ3v) is 3.85. The third kappa shape index (κ3) is 1.64. The van der Waals surface area contributed by atoms with Crippen molar-refractivity contribution in [3.8, 4) is 0 Å². The van der Waals surface area contributed by atoms with Gasteiger partial charge in [-0.1, -0.05) is 11.3 Å². The van der Waals surface area contributed by atoms with Gasteiger partial charge >= 0.3 is 0 Å². The topological polar surface area (TPSA) is 51.1 Å². The molecule has 0 bridgehead atoms. The molecule has 2 aromatic heterocycles. The number of ether oxygens (including phenoxy) is 1. The molecule has 0 N–H and O–H groups in total. The number of hydrogen-bond acceptors (Lipinski definition) is 6. The van der Waals surface area contributed by atoms with Gasteiger partial charge in [0.1, 0.15) is 6.33 Å². The second kappa shape index (κ2) is 3.95. The average Bonchev–Trinajstić information content (AvgIpc) is 2.95. The first-order chi connectivity index (χ1) is 7.86. The van der Waals surface area contributed by atoms with Crippen molar-refractivity contribution in [1.82, 2.24) is 15.0 Å². The van der Waals surface area contributed by atoms with Gasteiger partial charge in [-0.15, -0.1) is 0 Å². The zero-order valence-electron chi connectivity index (χ0n) is 8.96. The Balaban J connectivity index is 1.89. The van der Waals surface area contributed by atoms with Gasteiger partial charge in [-0.05, 0) is 6.42 Å². The van der Waals surface area contributed by atoms with E-state index >= 15 is 0 Å². The molecule has 6 heteroatoms. The van der Waals surface area contributed by atoms with Gasteiger partial charge < -0.3 is 9.64 Å². The molecule has 3 rings (SSSR count). The first-order valence-corrected chi connectivity index (χ1v) is 6.03. The molecule has 3 heterocycles. The fourth-order valence-electron chi connectivity index (χ4n) is 1.91. The molecule has 1 saturated heterocycles. The summed E-state index contributed by atoms with van der Waals surface area (Å²) in [6, 6.07) is 0. The highest BCUT2D eigenvalue weighted by atomic mass is 32.1. The Labute approximate surface area is 97.1 Å². The number of fused-ring (bicyclic) bond motifs is 1. The molecule has 1 atom stereocenters. The molecular weight excluding hydrogens is 224 g/mol. The summed E-state index contributed by atoms with van der Waals surface area (Å²) < 4.78 is 6.38. The molecule has 0 spiro atoms. The molecule has 0 amide bonds. The van der Waals surface area contributed by atoms with Crippen LogP contribution in [0.3, 0.4) is 0 Å². The van der Waals surface area contributed by atoms with Gasteiger partial charge in [-0.25, -0.2) is 9.97 Å². The van der Waals surface area contributed by atoms with Crippen LogP contribution < -0.4 is 4.90 Å². The molecule has 5 nitrogen and oxygen atoms in total. The molecule has 0 aromatic carbocycles. The van der Waals surface area contributed by atoms with E-state index in [9.17, 15) is 0 Å². The predicted molar refractivity (Wildman–Crippen MR) is 62.8 cm³/mol. The van der Waals surface area contributed by atoms with Crippen molar-refractivity contribution in [3.05, 3.63) is 12.5 Å². The van der Waals surface area contributed by atoms with Crippen molar-refractivity contribution in [1.29, 1.82) is 0 Å². The standard InChI is InChI=1S/C10H12N4OS/c1-15-7-2-3-14(5-7)10-13-9-8(16-10)4-11-6-12-9/h4,6-7H,2-3,5H2,1H3/t7-/m0/s1. The average molecular weight is 236 g/mol. The molecule has 1 aliphatic rings. The zero-order chi connectivity index (χ0) is 11.0. The Morgan fingerprint density at radius 1 is 1.56 bits per heavy atom. The Morgan fingerprint density at radius 3 is 3.25 bits per heavy atom. The lowest BCUT2D eigenvalue weighted by Gasteiger charge is -2.13. The van der Waals surface area contributed by atoms with E-state index < -0.39 is 0 Å². The van der Waals surface area contributed by atoms with E-state index in [0.717, 1.165) is 35.0 Å². The molecule has 0 unspecified atom stereocenters. The SMILES string of the molecule is CO[C@H]1CCN(c2nc3ncncc3s2)C1. The van der Waals surface area contributed by atoms with Gasteiger partial charge in [0.15, 0.2) is 10.8 Å². The van der Waals surface area contributed by atoms with E-state index in [-0.39, 0.29) is 0 Å². The summed E-state index contributed by atoms with van der Waals surface area (Å²) in [6.07, 6.45) is 4.75. The number of rotatable bonds is 2. The van der Waals surface area contributed by atoms with E-state index in [2.05, 4.69) is 19.9 Å². The fraction of sp³-hybridized carbons (Fsp3) is 0.500. The maximum atomic E-state index is 5.34. The first-order valence-electron chi connectivity index (χ1n) is 5.21. The van der Waals surface area contributed by atoms with E-state index in [4.69, 9.17) is 4.74 Å². The quantitative estimate of drug-likeness (QED) is 0.787. The number of hydrogen-bond donors (Lipinski definition) is 0. The highest BCUT2D eigenvalue weighted by Gasteiger charge is 2.24. The van der Waals surface area contributed by atoms with Crippen LogP contribution in [0.25, 0.3) is 10.3 Å². The summed E-state index contributed by atoms with van der Waals surface area (Å²) in [7, 11) is 1.76. The Hall–Kier alpha value is -1.27. The van der Waals surface area contributed by atoms with E-state index in [1.54, 1.807) is 18.4 Å². The molecule has 0 saturated carbocycles. The van der Waals surface area contributed by atoms with Gasteiger partial charge in [0.2, 0.25) is 0 Å². The number of anilines is 1. The normalized spacial score (nSPS) is 20.8. The van der Waals surface area contributed by atoms with E-state index in [1.807, 2.05) is 6.20 Å². The van der Waals surface area contributed by atoms with Crippen LogP contribution in [-0.4, -0.2) is 41.3 Å². The van der Waals surface area contributed by atoms with E-state index in [0.29, 0.717) is 6.10 Å². The van der Waals surface area contributed by atoms with Gasteiger partial charge in [0.25, 0.3) is 0 Å². The zero-order valence-corrected chi connectivity index (χ0v) is 9.78. The molecule has 0 radical (unpaired) electrons. The van der Waals surface area contributed by atoms with E-state index in [1.165, 1.54) is 6.33 Å². The van der Waals surface area contributed by atoms with Crippen molar-refractivity contribution in [2.45, 2.75) is 12.5 Å². The third-order valence-electron chi connectivity index (χ3n) is 2.81. The van der Waals surface area contributed by atoms with Crippen LogP contribution in [0.15, 0.2) is 12.5 Å². The van der Waals surface area contributed by atoms with Gasteiger partial charge in [0, 0.05) is 26.4 Å². The summed E-state index contributed by atoms with van der Waals surface area (Å²) in [5.41, 5.74) is 0.788. The molecule has 0 aliphatic carbocycles. The molecule has 1 fully saturated rings. The molecular formula is C10H12N4OS. The van der Waals surface area contributed by atoms with Crippen molar-refractivity contribution < 1.29 is 4.74 Å². The summed E-state index contributed by atoms with van der Waals surface area (Å²) in [5.74, 6) is 0. The first kappa shape index (κ1) is 9.92. The molecule has 1 aliphatic heterocycles. The van der Waals surface area contributed by atoms with Crippen molar-refractivity contribution in [3.63, 3.8) is 0 Å². The summed E-state index contributed by atoms with van der Waals surface area (Å²) in [6.45, 7) is 1.93. The van der Waals surface area contributed by atoms with Crippen LogP contribution >= 0.6 is 11.3 Å². The lowest BCUT2D eigenvalue weighted by molar-refractivity contribution is 0.121. The Kier molecular flexibility index (Phi) is 2.45. The summed E-state index contributed by atoms with van der Waals surface area (Å²) in [5, 5.41) is 1.02. The van der Waals surface area contributed by atoms with Crippen LogP contribution in [0, 0.1) is 0 Å². The van der Waals surface area contributed by atoms with Crippen molar-refractivity contribution in [2.75, 3.05) is 25.1 Å². The van der Waals surface area contributed by atoms with Crippen LogP contribution in [0.4, 0.5) is 5.13 Å². The van der Waals surface area contributed by atoms with Crippen molar-refractivity contribution in [2.24, 2.45) is 0 Å². The largest absolute Gasteiger partial charge is 0.380 e. The molecule has 2 aromatic rings.